The average molecular weight is 523 g/mol. The standard InChI is InChI=1S/C24H19BrN4O5/c25-19-4-8-23(9-5-19)34-16-28-14-20(13-26-28)27-24(30)18-3-1-2-17(12-18)15-33-22-10-6-21(7-11-22)29(31)32/h1-14H,15-16H2,(H,27,30). The normalized spacial score (nSPS) is 10.5. The van der Waals surface area contributed by atoms with Crippen LogP contribution in [0.15, 0.2) is 89.7 Å². The summed E-state index contributed by atoms with van der Waals surface area (Å²) in [4.78, 5) is 22.9. The molecule has 34 heavy (non-hydrogen) atoms. The third-order valence-electron chi connectivity index (χ3n) is 4.71. The Balaban J connectivity index is 1.31. The number of rotatable bonds is 9. The van der Waals surface area contributed by atoms with E-state index in [1.54, 1.807) is 35.3 Å². The number of nitrogens with one attached hydrogen (secondary N) is 1. The molecule has 0 aliphatic carbocycles. The van der Waals surface area contributed by atoms with Crippen LogP contribution in [0.4, 0.5) is 11.4 Å². The zero-order chi connectivity index (χ0) is 23.9. The van der Waals surface area contributed by atoms with E-state index in [0.717, 1.165) is 10.0 Å². The highest BCUT2D eigenvalue weighted by Gasteiger charge is 2.10. The lowest BCUT2D eigenvalue weighted by Gasteiger charge is -2.08. The highest BCUT2D eigenvalue weighted by molar-refractivity contribution is 9.10. The van der Waals surface area contributed by atoms with E-state index < -0.39 is 4.92 Å². The van der Waals surface area contributed by atoms with Gasteiger partial charge in [0.2, 0.25) is 0 Å². The number of hydrogen-bond acceptors (Lipinski definition) is 6. The monoisotopic (exact) mass is 522 g/mol. The lowest BCUT2D eigenvalue weighted by Crippen LogP contribution is -2.12. The zero-order valence-corrected chi connectivity index (χ0v) is 19.3. The number of carbonyl (C=O) groups excluding carboxylic acids is 1. The number of hydrogen-bond donors (Lipinski definition) is 1. The smallest absolute Gasteiger partial charge is 0.269 e. The van der Waals surface area contributed by atoms with Gasteiger partial charge in [-0.1, -0.05) is 28.1 Å². The molecule has 10 heteroatoms. The number of nitrogens with zero attached hydrogens (tertiary/aromatic N) is 3. The van der Waals surface area contributed by atoms with Gasteiger partial charge in [-0.15, -0.1) is 0 Å². The SMILES string of the molecule is O=C(Nc1cnn(COc2ccc(Br)cc2)c1)c1cccc(COc2ccc([N+](=O)[O-])cc2)c1. The molecule has 3 aromatic carbocycles. The van der Waals surface area contributed by atoms with Crippen LogP contribution in [0.5, 0.6) is 11.5 Å². The van der Waals surface area contributed by atoms with Gasteiger partial charge in [0.05, 0.1) is 23.0 Å². The van der Waals surface area contributed by atoms with E-state index in [9.17, 15) is 14.9 Å². The van der Waals surface area contributed by atoms with Crippen molar-refractivity contribution in [2.24, 2.45) is 0 Å². The van der Waals surface area contributed by atoms with Gasteiger partial charge >= 0.3 is 0 Å². The van der Waals surface area contributed by atoms with E-state index >= 15 is 0 Å². The molecule has 9 nitrogen and oxygen atoms in total. The minimum absolute atomic E-state index is 0.00536. The topological polar surface area (TPSA) is 109 Å². The van der Waals surface area contributed by atoms with Crippen LogP contribution in [0.25, 0.3) is 0 Å². The number of amides is 1. The molecule has 0 unspecified atom stereocenters. The Kier molecular flexibility index (Phi) is 7.19. The van der Waals surface area contributed by atoms with E-state index in [2.05, 4.69) is 26.3 Å². The lowest BCUT2D eigenvalue weighted by atomic mass is 10.1. The van der Waals surface area contributed by atoms with Gasteiger partial charge in [-0.3, -0.25) is 14.9 Å². The van der Waals surface area contributed by atoms with Gasteiger partial charge in [0.25, 0.3) is 11.6 Å². The van der Waals surface area contributed by atoms with E-state index in [1.807, 2.05) is 30.3 Å². The summed E-state index contributed by atoms with van der Waals surface area (Å²) in [5.74, 6) is 0.917. The molecule has 0 fully saturated rings. The zero-order valence-electron chi connectivity index (χ0n) is 17.8. The molecule has 4 rings (SSSR count). The van der Waals surface area contributed by atoms with Gasteiger partial charge in [-0.05, 0) is 54.1 Å². The van der Waals surface area contributed by atoms with Gasteiger partial charge in [0.15, 0.2) is 6.73 Å². The van der Waals surface area contributed by atoms with Crippen LogP contribution >= 0.6 is 15.9 Å². The van der Waals surface area contributed by atoms with Crippen LogP contribution in [-0.4, -0.2) is 20.6 Å². The summed E-state index contributed by atoms with van der Waals surface area (Å²) >= 11 is 3.38. The predicted octanol–water partition coefficient (Wildman–Crippen LogP) is 5.42. The second kappa shape index (κ2) is 10.6. The van der Waals surface area contributed by atoms with E-state index in [-0.39, 0.29) is 24.9 Å². The fourth-order valence-electron chi connectivity index (χ4n) is 3.01. The molecule has 1 amide bonds. The van der Waals surface area contributed by atoms with Crippen LogP contribution < -0.4 is 14.8 Å². The average Bonchev–Trinajstić information content (AvgIpc) is 3.30. The summed E-state index contributed by atoms with van der Waals surface area (Å²) in [6, 6.07) is 20.3. The largest absolute Gasteiger partial charge is 0.489 e. The molecule has 1 heterocycles. The molecule has 0 saturated heterocycles. The first-order chi connectivity index (χ1) is 16.5. The Labute approximate surface area is 203 Å². The summed E-state index contributed by atoms with van der Waals surface area (Å²) in [5.41, 5.74) is 1.78. The van der Waals surface area contributed by atoms with E-state index in [0.29, 0.717) is 22.7 Å². The van der Waals surface area contributed by atoms with Crippen molar-refractivity contribution in [3.05, 3.63) is 111 Å². The van der Waals surface area contributed by atoms with Crippen LogP contribution in [0.2, 0.25) is 0 Å². The van der Waals surface area contributed by atoms with Crippen LogP contribution in [0.1, 0.15) is 15.9 Å². The third-order valence-corrected chi connectivity index (χ3v) is 5.24. The van der Waals surface area contributed by atoms with Crippen molar-refractivity contribution in [1.82, 2.24) is 9.78 Å². The maximum Gasteiger partial charge on any atom is 0.269 e. The Hall–Kier alpha value is -4.18. The molecule has 0 atom stereocenters. The van der Waals surface area contributed by atoms with Crippen molar-refractivity contribution in [3.63, 3.8) is 0 Å². The molecular formula is C24H19BrN4O5. The van der Waals surface area contributed by atoms with Crippen molar-refractivity contribution >= 4 is 33.2 Å². The van der Waals surface area contributed by atoms with Gasteiger partial charge in [0, 0.05) is 22.2 Å². The highest BCUT2D eigenvalue weighted by Crippen LogP contribution is 2.19. The molecule has 172 valence electrons. The van der Waals surface area contributed by atoms with Gasteiger partial charge in [-0.2, -0.15) is 5.10 Å². The number of anilines is 1. The summed E-state index contributed by atoms with van der Waals surface area (Å²) in [6.45, 7) is 0.414. The van der Waals surface area contributed by atoms with E-state index in [1.165, 1.54) is 24.3 Å². The molecule has 0 aliphatic rings. The number of nitro groups is 1. The maximum atomic E-state index is 12.7. The fraction of sp³-hybridized carbons (Fsp3) is 0.0833. The lowest BCUT2D eigenvalue weighted by molar-refractivity contribution is -0.384. The molecule has 1 N–H and O–H groups in total. The molecule has 0 bridgehead atoms. The fourth-order valence-corrected chi connectivity index (χ4v) is 3.27. The number of halogens is 1. The second-order valence-corrected chi connectivity index (χ2v) is 8.11. The van der Waals surface area contributed by atoms with Gasteiger partial charge in [-0.25, -0.2) is 4.68 Å². The molecule has 0 spiro atoms. The first-order valence-corrected chi connectivity index (χ1v) is 10.9. The second-order valence-electron chi connectivity index (χ2n) is 7.19. The molecular weight excluding hydrogens is 504 g/mol. The summed E-state index contributed by atoms with van der Waals surface area (Å²) in [7, 11) is 0. The van der Waals surface area contributed by atoms with Crippen molar-refractivity contribution in [2.75, 3.05) is 5.32 Å². The minimum Gasteiger partial charge on any atom is -0.489 e. The summed E-state index contributed by atoms with van der Waals surface area (Å²) in [6.07, 6.45) is 3.22. The molecule has 0 aliphatic heterocycles. The van der Waals surface area contributed by atoms with Crippen LogP contribution in [-0.2, 0) is 13.3 Å². The molecule has 0 saturated carbocycles. The molecule has 0 radical (unpaired) electrons. The predicted molar refractivity (Wildman–Crippen MR) is 129 cm³/mol. The Morgan fingerprint density at radius 2 is 1.74 bits per heavy atom. The minimum atomic E-state index is -0.467. The summed E-state index contributed by atoms with van der Waals surface area (Å²) in [5, 5.41) is 17.8. The first kappa shape index (κ1) is 23.0. The quantitative estimate of drug-likeness (QED) is 0.232. The number of benzene rings is 3. The number of nitro benzene ring substituents is 1. The molecule has 1 aromatic heterocycles. The van der Waals surface area contributed by atoms with Crippen LogP contribution in [0, 0.1) is 10.1 Å². The number of aromatic nitrogens is 2. The Bertz CT molecular complexity index is 1290. The van der Waals surface area contributed by atoms with Crippen LogP contribution in [0.3, 0.4) is 0 Å². The summed E-state index contributed by atoms with van der Waals surface area (Å²) < 4.78 is 13.9. The van der Waals surface area contributed by atoms with Crippen molar-refractivity contribution in [2.45, 2.75) is 13.3 Å². The maximum absolute atomic E-state index is 12.7. The number of ether oxygens (including phenoxy) is 2. The number of non-ortho nitro benzene ring substituents is 1. The van der Waals surface area contributed by atoms with Crippen molar-refractivity contribution in [1.29, 1.82) is 0 Å². The van der Waals surface area contributed by atoms with Crippen molar-refractivity contribution < 1.29 is 19.2 Å². The first-order valence-electron chi connectivity index (χ1n) is 10.1. The van der Waals surface area contributed by atoms with Gasteiger partial charge < -0.3 is 14.8 Å². The number of carbonyl (C=O) groups is 1. The van der Waals surface area contributed by atoms with Crippen molar-refractivity contribution in [3.8, 4) is 11.5 Å². The van der Waals surface area contributed by atoms with Gasteiger partial charge in [0.1, 0.15) is 18.1 Å². The third kappa shape index (κ3) is 6.20. The highest BCUT2D eigenvalue weighted by atomic mass is 79.9. The Morgan fingerprint density at radius 1 is 1.03 bits per heavy atom. The Morgan fingerprint density at radius 3 is 2.47 bits per heavy atom. The van der Waals surface area contributed by atoms with E-state index in [4.69, 9.17) is 9.47 Å². The molecule has 4 aromatic rings.